The Morgan fingerprint density at radius 1 is 0.709 bits per heavy atom. The molecule has 0 aromatic heterocycles. The molecular formula is C46H75N5O4. The van der Waals surface area contributed by atoms with Gasteiger partial charge >= 0.3 is 0 Å². The number of nitrogens with zero attached hydrogens (tertiary/aromatic N) is 4. The lowest BCUT2D eigenvalue weighted by Crippen LogP contribution is -2.56. The molecule has 2 N–H and O–H groups in total. The Morgan fingerprint density at radius 3 is 2.15 bits per heavy atom. The van der Waals surface area contributed by atoms with E-state index in [1.54, 1.807) is 0 Å². The monoisotopic (exact) mass is 762 g/mol. The van der Waals surface area contributed by atoms with Crippen molar-refractivity contribution in [2.24, 2.45) is 41.4 Å². The third-order valence-corrected chi connectivity index (χ3v) is 16.4. The highest BCUT2D eigenvalue weighted by molar-refractivity contribution is 6.02. The Bertz CT molecular complexity index is 1360. The van der Waals surface area contributed by atoms with Crippen LogP contribution in [0.15, 0.2) is 11.1 Å². The molecule has 9 nitrogen and oxygen atoms in total. The maximum absolute atomic E-state index is 13.3. The van der Waals surface area contributed by atoms with E-state index >= 15 is 0 Å². The van der Waals surface area contributed by atoms with Gasteiger partial charge in [0.05, 0.1) is 6.10 Å². The van der Waals surface area contributed by atoms with E-state index in [0.717, 1.165) is 61.8 Å². The molecule has 4 heterocycles. The van der Waals surface area contributed by atoms with Gasteiger partial charge in [-0.25, -0.2) is 0 Å². The lowest BCUT2D eigenvalue weighted by molar-refractivity contribution is -0.144. The van der Waals surface area contributed by atoms with Crippen molar-refractivity contribution in [3.05, 3.63) is 11.1 Å². The van der Waals surface area contributed by atoms with Crippen molar-refractivity contribution >= 4 is 17.7 Å². The number of hydrogen-bond acceptors (Lipinski definition) is 7. The van der Waals surface area contributed by atoms with Crippen molar-refractivity contribution < 1.29 is 19.5 Å². The molecule has 0 aromatic carbocycles. The molecular weight excluding hydrogens is 687 g/mol. The van der Waals surface area contributed by atoms with Gasteiger partial charge in [0.1, 0.15) is 6.04 Å². The molecule has 4 aliphatic carbocycles. The van der Waals surface area contributed by atoms with Crippen molar-refractivity contribution in [3.8, 4) is 0 Å². The summed E-state index contributed by atoms with van der Waals surface area (Å²) in [7, 11) is 0. The first-order valence-corrected chi connectivity index (χ1v) is 23.6. The molecule has 4 aliphatic heterocycles. The minimum atomic E-state index is -0.457. The van der Waals surface area contributed by atoms with Crippen molar-refractivity contribution in [2.75, 3.05) is 58.9 Å². The van der Waals surface area contributed by atoms with E-state index in [2.05, 4.69) is 26.9 Å². The number of amides is 3. The average molecular weight is 762 g/mol. The van der Waals surface area contributed by atoms with Crippen LogP contribution in [0.2, 0.25) is 0 Å². The Morgan fingerprint density at radius 2 is 1.42 bits per heavy atom. The van der Waals surface area contributed by atoms with Crippen molar-refractivity contribution in [1.82, 2.24) is 24.9 Å². The van der Waals surface area contributed by atoms with E-state index in [0.29, 0.717) is 31.2 Å². The van der Waals surface area contributed by atoms with Crippen LogP contribution >= 0.6 is 0 Å². The molecule has 4 atom stereocenters. The van der Waals surface area contributed by atoms with E-state index in [1.807, 2.05) is 16.0 Å². The summed E-state index contributed by atoms with van der Waals surface area (Å²) >= 11 is 0. The first-order valence-electron chi connectivity index (χ1n) is 23.6. The first-order chi connectivity index (χ1) is 26.8. The fourth-order valence-electron chi connectivity index (χ4n) is 13.3. The van der Waals surface area contributed by atoms with Crippen LogP contribution in [0.3, 0.4) is 0 Å². The predicted octanol–water partition coefficient (Wildman–Crippen LogP) is 6.39. The third-order valence-electron chi connectivity index (χ3n) is 16.4. The summed E-state index contributed by atoms with van der Waals surface area (Å²) in [5.41, 5.74) is 3.78. The van der Waals surface area contributed by atoms with Crippen LogP contribution in [0.1, 0.15) is 142 Å². The van der Waals surface area contributed by atoms with Crippen molar-refractivity contribution in [1.29, 1.82) is 0 Å². The van der Waals surface area contributed by atoms with Crippen molar-refractivity contribution in [2.45, 2.75) is 160 Å². The third kappa shape index (κ3) is 9.41. The average Bonchev–Trinajstić information content (AvgIpc) is 3.34. The molecule has 4 saturated heterocycles. The minimum absolute atomic E-state index is 0.0633. The smallest absolute Gasteiger partial charge is 0.249 e. The fourth-order valence-corrected chi connectivity index (χ4v) is 13.3. The van der Waals surface area contributed by atoms with Crippen LogP contribution < -0.4 is 5.32 Å². The maximum atomic E-state index is 13.3. The maximum Gasteiger partial charge on any atom is 0.249 e. The summed E-state index contributed by atoms with van der Waals surface area (Å²) in [5, 5.41) is 12.8. The Hall–Kier alpha value is -1.81. The number of aliphatic hydroxyl groups is 1. The number of rotatable bonds is 11. The number of likely N-dealkylation sites (tertiary alicyclic amines) is 2. The summed E-state index contributed by atoms with van der Waals surface area (Å²) in [6.07, 6.45) is 24.8. The molecule has 0 bridgehead atoms. The van der Waals surface area contributed by atoms with Gasteiger partial charge in [0.25, 0.3) is 0 Å². The zero-order valence-corrected chi connectivity index (χ0v) is 34.4. The highest BCUT2D eigenvalue weighted by Crippen LogP contribution is 2.47. The number of carbonyl (C=O) groups is 3. The largest absolute Gasteiger partial charge is 0.393 e. The highest BCUT2D eigenvalue weighted by atomic mass is 16.3. The predicted molar refractivity (Wildman–Crippen MR) is 217 cm³/mol. The first kappa shape index (κ1) is 40.0. The quantitative estimate of drug-likeness (QED) is 0.186. The van der Waals surface area contributed by atoms with E-state index in [-0.39, 0.29) is 29.7 Å². The molecule has 8 aliphatic rings. The van der Waals surface area contributed by atoms with Gasteiger partial charge in [-0.05, 0) is 164 Å². The lowest BCUT2D eigenvalue weighted by Gasteiger charge is -2.48. The van der Waals surface area contributed by atoms with E-state index in [4.69, 9.17) is 0 Å². The topological polar surface area (TPSA) is 96.4 Å². The van der Waals surface area contributed by atoms with E-state index in [9.17, 15) is 19.5 Å². The summed E-state index contributed by atoms with van der Waals surface area (Å²) in [6, 6.07) is 0.334. The summed E-state index contributed by atoms with van der Waals surface area (Å²) < 4.78 is 0. The Kier molecular flexibility index (Phi) is 13.4. The van der Waals surface area contributed by atoms with Gasteiger partial charge in [-0.2, -0.15) is 0 Å². The van der Waals surface area contributed by atoms with Crippen LogP contribution in [-0.4, -0.2) is 120 Å². The second-order valence-corrected chi connectivity index (χ2v) is 19.8. The number of aliphatic hydroxyl groups excluding tert-OH is 1. The molecule has 55 heavy (non-hydrogen) atoms. The number of imide groups is 1. The molecule has 0 aromatic rings. The van der Waals surface area contributed by atoms with Crippen LogP contribution in [0, 0.1) is 41.4 Å². The van der Waals surface area contributed by atoms with Gasteiger partial charge in [-0.3, -0.25) is 24.6 Å². The lowest BCUT2D eigenvalue weighted by atomic mass is 9.67. The Balaban J connectivity index is 0.747. The highest BCUT2D eigenvalue weighted by Gasteiger charge is 2.48. The molecule has 4 saturated carbocycles. The SMILES string of the molecule is CC/C(=C(\C1CCC(O)CC1)C1CCC(N2CC(CN3CCCN(CCC4CCC5C(=O)N(C6CCC(=O)NC6=O)CC5C4)CC3)C2)CC1)C1CCCCC1. The number of carbonyl (C=O) groups excluding carboxylic acids is 3. The van der Waals surface area contributed by atoms with Crippen LogP contribution in [0.5, 0.6) is 0 Å². The minimum Gasteiger partial charge on any atom is -0.393 e. The van der Waals surface area contributed by atoms with Gasteiger partial charge in [-0.1, -0.05) is 37.3 Å². The van der Waals surface area contributed by atoms with Crippen LogP contribution in [-0.2, 0) is 14.4 Å². The Labute approximate surface area is 332 Å². The molecule has 8 fully saturated rings. The number of fused-ring (bicyclic) bond motifs is 1. The van der Waals surface area contributed by atoms with Gasteiger partial charge in [0, 0.05) is 57.6 Å². The van der Waals surface area contributed by atoms with E-state index in [1.165, 1.54) is 142 Å². The molecule has 4 unspecified atom stereocenters. The zero-order chi connectivity index (χ0) is 37.9. The molecule has 0 radical (unpaired) electrons. The summed E-state index contributed by atoms with van der Waals surface area (Å²) in [6.45, 7) is 13.0. The van der Waals surface area contributed by atoms with Gasteiger partial charge in [-0.15, -0.1) is 0 Å². The van der Waals surface area contributed by atoms with Gasteiger partial charge in [0.2, 0.25) is 17.7 Å². The summed E-state index contributed by atoms with van der Waals surface area (Å²) in [5.74, 6) is 3.96. The number of allylic oxidation sites excluding steroid dienone is 2. The van der Waals surface area contributed by atoms with Crippen molar-refractivity contribution in [3.63, 3.8) is 0 Å². The molecule has 308 valence electrons. The summed E-state index contributed by atoms with van der Waals surface area (Å²) in [4.78, 5) is 47.6. The number of piperidine rings is 1. The standard InChI is InChI=1S/C46H75N5O4/c1-2-40(34-7-4-3-5-8-34)44(36-12-16-39(52)17-13-36)35-10-14-38(15-11-35)50-29-33(30-50)28-49-23-6-22-48(25-26-49)24-21-32-9-18-41-37(27-32)31-51(46(41)55)42-19-20-43(53)47-45(42)54/h32-39,41-42,52H,2-31H2,1H3,(H,47,53,54)/b44-40+. The van der Waals surface area contributed by atoms with Gasteiger partial charge in [0.15, 0.2) is 0 Å². The fraction of sp³-hybridized carbons (Fsp3) is 0.891. The molecule has 3 amide bonds. The zero-order valence-electron chi connectivity index (χ0n) is 34.4. The van der Waals surface area contributed by atoms with Crippen LogP contribution in [0.25, 0.3) is 0 Å². The van der Waals surface area contributed by atoms with Crippen LogP contribution in [0.4, 0.5) is 0 Å². The van der Waals surface area contributed by atoms with Gasteiger partial charge < -0.3 is 19.8 Å². The second kappa shape index (κ2) is 18.4. The number of hydrogen-bond donors (Lipinski definition) is 2. The molecule has 9 heteroatoms. The normalized spacial score (nSPS) is 37.3. The van der Waals surface area contributed by atoms with E-state index < -0.39 is 6.04 Å². The second-order valence-electron chi connectivity index (χ2n) is 19.8. The number of nitrogens with one attached hydrogen (secondary N) is 1. The molecule has 0 spiro atoms. The molecule has 8 rings (SSSR count).